The number of fused-ring (bicyclic) bond motifs is 1. The number of halogens is 2. The average Bonchev–Trinajstić information content (AvgIpc) is 2.80. The molecule has 2 aromatic rings. The Kier molecular flexibility index (Phi) is 6.76. The summed E-state index contributed by atoms with van der Waals surface area (Å²) in [4.78, 5) is 25.8. The number of rotatable bonds is 6. The Bertz CT molecular complexity index is 1070. The summed E-state index contributed by atoms with van der Waals surface area (Å²) in [7, 11) is 0. The summed E-state index contributed by atoms with van der Waals surface area (Å²) >= 11 is 6.16. The first-order chi connectivity index (χ1) is 15.8. The van der Waals surface area contributed by atoms with E-state index in [9.17, 15) is 19.1 Å². The predicted octanol–water partition coefficient (Wildman–Crippen LogP) is 3.95. The molecule has 0 atom stereocenters. The number of hydrogen-bond donors (Lipinski definition) is 2. The summed E-state index contributed by atoms with van der Waals surface area (Å²) in [6.07, 6.45) is 1.55. The van der Waals surface area contributed by atoms with E-state index in [0.717, 1.165) is 5.69 Å². The first-order valence-corrected chi connectivity index (χ1v) is 11.4. The molecule has 0 unspecified atom stereocenters. The molecule has 0 radical (unpaired) electrons. The monoisotopic (exact) mass is 476 g/mol. The highest BCUT2D eigenvalue weighted by Gasteiger charge is 2.34. The van der Waals surface area contributed by atoms with E-state index in [1.54, 1.807) is 19.1 Å². The predicted molar refractivity (Wildman–Crippen MR) is 123 cm³/mol. The van der Waals surface area contributed by atoms with Crippen molar-refractivity contribution in [1.82, 2.24) is 0 Å². The van der Waals surface area contributed by atoms with E-state index >= 15 is 0 Å². The van der Waals surface area contributed by atoms with Gasteiger partial charge in [0.15, 0.2) is 0 Å². The van der Waals surface area contributed by atoms with Crippen LogP contribution in [0.5, 0.6) is 5.75 Å². The molecule has 0 aliphatic carbocycles. The number of nitrogens with zero attached hydrogens (tertiary/aromatic N) is 1. The largest absolute Gasteiger partial charge is 0.490 e. The molecule has 2 heterocycles. The third-order valence-electron chi connectivity index (χ3n) is 6.09. The molecule has 1 fully saturated rings. The first-order valence-electron chi connectivity index (χ1n) is 11.0. The van der Waals surface area contributed by atoms with Gasteiger partial charge in [0, 0.05) is 30.8 Å². The molecule has 2 aliphatic rings. The quantitative estimate of drug-likeness (QED) is 0.614. The van der Waals surface area contributed by atoms with Gasteiger partial charge >= 0.3 is 5.97 Å². The maximum Gasteiger partial charge on any atom is 0.339 e. The van der Waals surface area contributed by atoms with Crippen molar-refractivity contribution in [2.75, 3.05) is 36.5 Å². The van der Waals surface area contributed by atoms with Gasteiger partial charge in [0.2, 0.25) is 5.91 Å². The lowest BCUT2D eigenvalue weighted by Crippen LogP contribution is -2.48. The lowest BCUT2D eigenvalue weighted by Gasteiger charge is -2.39. The van der Waals surface area contributed by atoms with Gasteiger partial charge in [-0.1, -0.05) is 11.6 Å². The van der Waals surface area contributed by atoms with Crippen LogP contribution in [0.1, 0.15) is 42.1 Å². The molecule has 9 heteroatoms. The summed E-state index contributed by atoms with van der Waals surface area (Å²) < 4.78 is 25.1. The standard InChI is InChI=1S/C24H26ClFN2O5/c1-2-32-23(30)17-13-15(3-5-18(17)25)28-11-9-24(31,10-12-28)14-33-20-7-6-19(26)22-16(20)4-8-21(29)27-22/h3,5-7,13,31H,2,4,8-12,14H2,1H3,(H,27,29). The maximum atomic E-state index is 14.1. The van der Waals surface area contributed by atoms with E-state index in [1.807, 2.05) is 6.07 Å². The van der Waals surface area contributed by atoms with Gasteiger partial charge < -0.3 is 24.8 Å². The summed E-state index contributed by atoms with van der Waals surface area (Å²) in [5.74, 6) is -0.718. The fourth-order valence-electron chi connectivity index (χ4n) is 4.17. The van der Waals surface area contributed by atoms with E-state index < -0.39 is 17.4 Å². The van der Waals surface area contributed by atoms with Crippen LogP contribution in [0.3, 0.4) is 0 Å². The molecule has 2 N–H and O–H groups in total. The second-order valence-electron chi connectivity index (χ2n) is 8.33. The van der Waals surface area contributed by atoms with Gasteiger partial charge in [0.05, 0.1) is 22.9 Å². The van der Waals surface area contributed by atoms with Crippen LogP contribution in [0.15, 0.2) is 30.3 Å². The second-order valence-corrected chi connectivity index (χ2v) is 8.74. The number of piperidine rings is 1. The number of hydrogen-bond acceptors (Lipinski definition) is 6. The highest BCUT2D eigenvalue weighted by Crippen LogP contribution is 2.35. The molecule has 0 spiro atoms. The van der Waals surface area contributed by atoms with Gasteiger partial charge in [-0.15, -0.1) is 0 Å². The van der Waals surface area contributed by atoms with Crippen molar-refractivity contribution >= 4 is 34.9 Å². The SMILES string of the molecule is CCOC(=O)c1cc(N2CCC(O)(COc3ccc(F)c4c3CCC(=O)N4)CC2)ccc1Cl. The Labute approximate surface area is 196 Å². The van der Waals surface area contributed by atoms with Gasteiger partial charge in [-0.25, -0.2) is 9.18 Å². The zero-order valence-electron chi connectivity index (χ0n) is 18.3. The van der Waals surface area contributed by atoms with Gasteiger partial charge in [-0.3, -0.25) is 4.79 Å². The number of carbonyl (C=O) groups is 2. The van der Waals surface area contributed by atoms with Gasteiger partial charge in [0.1, 0.15) is 23.8 Å². The van der Waals surface area contributed by atoms with Crippen molar-refractivity contribution < 1.29 is 28.6 Å². The summed E-state index contributed by atoms with van der Waals surface area (Å²) in [6.45, 7) is 3.17. The van der Waals surface area contributed by atoms with Crippen molar-refractivity contribution in [3.63, 3.8) is 0 Å². The van der Waals surface area contributed by atoms with Crippen molar-refractivity contribution in [3.8, 4) is 5.75 Å². The van der Waals surface area contributed by atoms with Crippen molar-refractivity contribution in [3.05, 3.63) is 52.3 Å². The highest BCUT2D eigenvalue weighted by molar-refractivity contribution is 6.33. The number of aliphatic hydroxyl groups is 1. The molecular formula is C24H26ClFN2O5. The molecule has 1 amide bonds. The normalized spacial score (nSPS) is 17.2. The molecule has 33 heavy (non-hydrogen) atoms. The maximum absolute atomic E-state index is 14.1. The molecular weight excluding hydrogens is 451 g/mol. The number of ether oxygens (including phenoxy) is 2. The lowest BCUT2D eigenvalue weighted by atomic mass is 9.91. The Morgan fingerprint density at radius 2 is 2.00 bits per heavy atom. The molecule has 0 aromatic heterocycles. The summed E-state index contributed by atoms with van der Waals surface area (Å²) in [5, 5.41) is 14.0. The van der Waals surface area contributed by atoms with Gasteiger partial charge in [-0.2, -0.15) is 0 Å². The molecule has 7 nitrogen and oxygen atoms in total. The number of benzene rings is 2. The van der Waals surface area contributed by atoms with E-state index in [2.05, 4.69) is 10.2 Å². The van der Waals surface area contributed by atoms with Crippen LogP contribution in [0, 0.1) is 5.82 Å². The third-order valence-corrected chi connectivity index (χ3v) is 6.42. The third kappa shape index (κ3) is 5.07. The van der Waals surface area contributed by atoms with Crippen molar-refractivity contribution in [2.45, 2.75) is 38.2 Å². The van der Waals surface area contributed by atoms with Crippen LogP contribution >= 0.6 is 11.6 Å². The molecule has 0 saturated carbocycles. The first kappa shape index (κ1) is 23.3. The Morgan fingerprint density at radius 1 is 1.24 bits per heavy atom. The minimum absolute atomic E-state index is 0.0571. The van der Waals surface area contributed by atoms with Crippen molar-refractivity contribution in [2.24, 2.45) is 0 Å². The number of esters is 1. The zero-order valence-corrected chi connectivity index (χ0v) is 19.1. The number of carbonyl (C=O) groups excluding carboxylic acids is 2. The minimum Gasteiger partial charge on any atom is -0.490 e. The van der Waals surface area contributed by atoms with Crippen LogP contribution in [-0.4, -0.2) is 48.9 Å². The average molecular weight is 477 g/mol. The Hall–Kier alpha value is -2.84. The lowest BCUT2D eigenvalue weighted by molar-refractivity contribution is -0.116. The molecule has 2 aliphatic heterocycles. The highest BCUT2D eigenvalue weighted by atomic mass is 35.5. The smallest absolute Gasteiger partial charge is 0.339 e. The fraction of sp³-hybridized carbons (Fsp3) is 0.417. The summed E-state index contributed by atoms with van der Waals surface area (Å²) in [6, 6.07) is 8.01. The van der Waals surface area contributed by atoms with E-state index in [4.69, 9.17) is 21.1 Å². The zero-order chi connectivity index (χ0) is 23.6. The molecule has 176 valence electrons. The van der Waals surface area contributed by atoms with Crippen LogP contribution < -0.4 is 15.0 Å². The van der Waals surface area contributed by atoms with Crippen LogP contribution in [0.2, 0.25) is 5.02 Å². The number of anilines is 2. The Balaban J connectivity index is 1.40. The molecule has 4 rings (SSSR count). The van der Waals surface area contributed by atoms with E-state index in [-0.39, 0.29) is 31.2 Å². The number of amides is 1. The van der Waals surface area contributed by atoms with Crippen molar-refractivity contribution in [1.29, 1.82) is 0 Å². The van der Waals surface area contributed by atoms with Gasteiger partial charge in [0.25, 0.3) is 0 Å². The fourth-order valence-corrected chi connectivity index (χ4v) is 4.37. The molecule has 1 saturated heterocycles. The van der Waals surface area contributed by atoms with Crippen LogP contribution in [0.4, 0.5) is 15.8 Å². The van der Waals surface area contributed by atoms with Crippen LogP contribution in [-0.2, 0) is 16.0 Å². The second kappa shape index (κ2) is 9.57. The Morgan fingerprint density at radius 3 is 2.73 bits per heavy atom. The summed E-state index contributed by atoms with van der Waals surface area (Å²) in [5.41, 5.74) is 0.864. The molecule has 2 aromatic carbocycles. The van der Waals surface area contributed by atoms with Crippen LogP contribution in [0.25, 0.3) is 0 Å². The molecule has 0 bridgehead atoms. The van der Waals surface area contributed by atoms with Gasteiger partial charge in [-0.05, 0) is 56.5 Å². The minimum atomic E-state index is -1.05. The topological polar surface area (TPSA) is 88.1 Å². The number of nitrogens with one attached hydrogen (secondary N) is 1. The van der Waals surface area contributed by atoms with E-state index in [0.29, 0.717) is 54.3 Å². The van der Waals surface area contributed by atoms with E-state index in [1.165, 1.54) is 12.1 Å².